The summed E-state index contributed by atoms with van der Waals surface area (Å²) in [5.41, 5.74) is 3.38. The number of fused-ring (bicyclic) bond motifs is 1. The Morgan fingerprint density at radius 1 is 1.07 bits per heavy atom. The van der Waals surface area contributed by atoms with Crippen molar-refractivity contribution in [1.29, 1.82) is 0 Å². The lowest BCUT2D eigenvalue weighted by Crippen LogP contribution is -2.57. The van der Waals surface area contributed by atoms with E-state index in [2.05, 4.69) is 10.6 Å². The Balaban J connectivity index is 1.66. The molecular weight excluding hydrogens is 569 g/mol. The van der Waals surface area contributed by atoms with Crippen molar-refractivity contribution in [3.05, 3.63) is 65.7 Å². The lowest BCUT2D eigenvalue weighted by Gasteiger charge is -2.37. The molecule has 1 aliphatic heterocycles. The van der Waals surface area contributed by atoms with Crippen molar-refractivity contribution in [2.45, 2.75) is 63.1 Å². The zero-order valence-electron chi connectivity index (χ0n) is 24.6. The van der Waals surface area contributed by atoms with Crippen molar-refractivity contribution in [3.8, 4) is 0 Å². The maximum absolute atomic E-state index is 14.2. The monoisotopic (exact) mass is 608 g/mol. The molecular formula is C30H39F3N4O6. The highest BCUT2D eigenvalue weighted by Crippen LogP contribution is 2.42. The van der Waals surface area contributed by atoms with E-state index < -0.39 is 53.4 Å². The summed E-state index contributed by atoms with van der Waals surface area (Å²) in [6.07, 6.45) is -6.46. The first-order chi connectivity index (χ1) is 20.1. The van der Waals surface area contributed by atoms with Gasteiger partial charge in [0.05, 0.1) is 19.3 Å². The fourth-order valence-corrected chi connectivity index (χ4v) is 5.40. The summed E-state index contributed by atoms with van der Waals surface area (Å²) >= 11 is 0. The Kier molecular flexibility index (Phi) is 10.8. The minimum absolute atomic E-state index is 0.0218. The number of nitrogens with zero attached hydrogens (tertiary/aromatic N) is 1. The molecule has 2 aromatic carbocycles. The fourth-order valence-electron chi connectivity index (χ4n) is 5.40. The number of rotatable bonds is 11. The van der Waals surface area contributed by atoms with Gasteiger partial charge in [0.2, 0.25) is 5.91 Å². The number of alkyl carbamates (subject to hydrolysis) is 1. The van der Waals surface area contributed by atoms with Gasteiger partial charge >= 0.3 is 12.3 Å². The SMILES string of the molecule is COC(=O)NC1Cc2ccccc2N(C(=O)CC(C)(C)C[C@H](N)[C@@H](O)CNC(=O)[C@](OC)(c2ccccc2)C(F)(F)F)C1. The number of para-hydroxylation sites is 1. The summed E-state index contributed by atoms with van der Waals surface area (Å²) in [6.45, 7) is 3.22. The number of alkyl halides is 3. The molecule has 0 saturated carbocycles. The number of anilines is 1. The van der Waals surface area contributed by atoms with E-state index in [1.165, 1.54) is 25.3 Å². The van der Waals surface area contributed by atoms with Gasteiger partial charge in [0.1, 0.15) is 0 Å². The maximum atomic E-state index is 14.2. The Bertz CT molecular complexity index is 1280. The molecule has 0 aliphatic carbocycles. The molecule has 2 aromatic rings. The lowest BCUT2D eigenvalue weighted by molar-refractivity contribution is -0.265. The predicted molar refractivity (Wildman–Crippen MR) is 153 cm³/mol. The second-order valence-electron chi connectivity index (χ2n) is 11.4. The second kappa shape index (κ2) is 13.7. The van der Waals surface area contributed by atoms with E-state index in [1.807, 2.05) is 24.3 Å². The van der Waals surface area contributed by atoms with Gasteiger partial charge in [-0.3, -0.25) is 9.59 Å². The van der Waals surface area contributed by atoms with Gasteiger partial charge < -0.3 is 35.8 Å². The standard InChI is InChI=1S/C30H39F3N4O6/c1-28(2,16-25(39)37-18-21(36-27(41)42-3)14-19-10-8-9-13-23(19)37)15-22(34)24(38)17-35-26(40)29(43-4,30(31,32)33)20-11-6-5-7-12-20/h5-13,21-22,24,38H,14-18,34H2,1-4H3,(H,35,40)(H,36,41)/t21?,22-,24-,29+/m0/s1. The average molecular weight is 609 g/mol. The number of ether oxygens (including phenoxy) is 2. The molecule has 13 heteroatoms. The number of nitrogens with two attached hydrogens (primary N) is 1. The van der Waals surface area contributed by atoms with E-state index in [4.69, 9.17) is 15.2 Å². The number of nitrogens with one attached hydrogen (secondary N) is 2. The summed E-state index contributed by atoms with van der Waals surface area (Å²) in [7, 11) is 2.05. The van der Waals surface area contributed by atoms with Crippen LogP contribution in [-0.2, 0) is 31.1 Å². The van der Waals surface area contributed by atoms with Gasteiger partial charge in [-0.15, -0.1) is 0 Å². The van der Waals surface area contributed by atoms with E-state index in [9.17, 15) is 32.7 Å². The molecule has 1 aliphatic rings. The van der Waals surface area contributed by atoms with Gasteiger partial charge in [0.15, 0.2) is 0 Å². The number of aliphatic hydroxyl groups excluding tert-OH is 1. The average Bonchev–Trinajstić information content (AvgIpc) is 2.95. The second-order valence-corrected chi connectivity index (χ2v) is 11.4. The number of carbonyl (C=O) groups is 3. The van der Waals surface area contributed by atoms with Crippen LogP contribution in [0.15, 0.2) is 54.6 Å². The number of halogens is 3. The zero-order chi connectivity index (χ0) is 32.0. The molecule has 5 N–H and O–H groups in total. The molecule has 4 atom stereocenters. The van der Waals surface area contributed by atoms with Crippen LogP contribution in [0.5, 0.6) is 0 Å². The van der Waals surface area contributed by atoms with Crippen molar-refractivity contribution in [2.24, 2.45) is 11.1 Å². The summed E-state index contributed by atoms with van der Waals surface area (Å²) < 4.78 is 51.9. The maximum Gasteiger partial charge on any atom is 0.430 e. The molecule has 3 amide bonds. The quantitative estimate of drug-likeness (QED) is 0.307. The van der Waals surface area contributed by atoms with E-state index in [-0.39, 0.29) is 31.3 Å². The molecule has 10 nitrogen and oxygen atoms in total. The van der Waals surface area contributed by atoms with Crippen LogP contribution in [0.25, 0.3) is 0 Å². The highest BCUT2D eigenvalue weighted by atomic mass is 19.4. The van der Waals surface area contributed by atoms with Crippen LogP contribution in [0.1, 0.15) is 37.8 Å². The van der Waals surface area contributed by atoms with Crippen molar-refractivity contribution in [2.75, 3.05) is 32.2 Å². The van der Waals surface area contributed by atoms with E-state index in [1.54, 1.807) is 18.7 Å². The van der Waals surface area contributed by atoms with Crippen molar-refractivity contribution < 1.29 is 42.1 Å². The first-order valence-electron chi connectivity index (χ1n) is 13.8. The zero-order valence-corrected chi connectivity index (χ0v) is 24.6. The number of aliphatic hydroxyl groups is 1. The van der Waals surface area contributed by atoms with Crippen LogP contribution >= 0.6 is 0 Å². The third-order valence-electron chi connectivity index (χ3n) is 7.55. The lowest BCUT2D eigenvalue weighted by atomic mass is 9.80. The van der Waals surface area contributed by atoms with Crippen LogP contribution in [0.3, 0.4) is 0 Å². The third kappa shape index (κ3) is 7.84. The molecule has 0 aromatic heterocycles. The van der Waals surface area contributed by atoms with Gasteiger partial charge in [-0.2, -0.15) is 13.2 Å². The van der Waals surface area contributed by atoms with Crippen LogP contribution < -0.4 is 21.3 Å². The molecule has 236 valence electrons. The number of benzene rings is 2. The molecule has 43 heavy (non-hydrogen) atoms. The molecule has 0 spiro atoms. The first-order valence-corrected chi connectivity index (χ1v) is 13.8. The van der Waals surface area contributed by atoms with Gasteiger partial charge in [-0.05, 0) is 29.9 Å². The molecule has 0 saturated heterocycles. The van der Waals surface area contributed by atoms with Crippen molar-refractivity contribution in [1.82, 2.24) is 10.6 Å². The highest BCUT2D eigenvalue weighted by Gasteiger charge is 2.62. The minimum atomic E-state index is -5.10. The smallest absolute Gasteiger partial charge is 0.430 e. The van der Waals surface area contributed by atoms with Gasteiger partial charge in [-0.25, -0.2) is 4.79 Å². The summed E-state index contributed by atoms with van der Waals surface area (Å²) in [4.78, 5) is 39.8. The van der Waals surface area contributed by atoms with Crippen LogP contribution in [-0.4, -0.2) is 74.7 Å². The fraction of sp³-hybridized carbons (Fsp3) is 0.500. The van der Waals surface area contributed by atoms with Gasteiger partial charge in [0, 0.05) is 43.9 Å². The summed E-state index contributed by atoms with van der Waals surface area (Å²) in [5.74, 6) is -1.73. The number of hydrogen-bond acceptors (Lipinski definition) is 7. The molecule has 0 fully saturated rings. The minimum Gasteiger partial charge on any atom is -0.453 e. The predicted octanol–water partition coefficient (Wildman–Crippen LogP) is 3.02. The number of amides is 3. The Morgan fingerprint density at radius 3 is 2.30 bits per heavy atom. The molecule has 1 unspecified atom stereocenters. The Labute approximate surface area is 248 Å². The largest absolute Gasteiger partial charge is 0.453 e. The van der Waals surface area contributed by atoms with Crippen LogP contribution in [0, 0.1) is 5.41 Å². The molecule has 3 rings (SSSR count). The number of methoxy groups -OCH3 is 2. The Morgan fingerprint density at radius 2 is 1.70 bits per heavy atom. The molecule has 1 heterocycles. The molecule has 0 bridgehead atoms. The van der Waals surface area contributed by atoms with Crippen molar-refractivity contribution >= 4 is 23.6 Å². The summed E-state index contributed by atoms with van der Waals surface area (Å²) in [5, 5.41) is 15.6. The van der Waals surface area contributed by atoms with E-state index in [0.717, 1.165) is 30.5 Å². The highest BCUT2D eigenvalue weighted by molar-refractivity contribution is 5.95. The molecule has 0 radical (unpaired) electrons. The van der Waals surface area contributed by atoms with Crippen LogP contribution in [0.2, 0.25) is 0 Å². The van der Waals surface area contributed by atoms with Crippen LogP contribution in [0.4, 0.5) is 23.7 Å². The van der Waals surface area contributed by atoms with Crippen molar-refractivity contribution in [3.63, 3.8) is 0 Å². The number of carbonyl (C=O) groups excluding carboxylic acids is 3. The van der Waals surface area contributed by atoms with E-state index >= 15 is 0 Å². The normalized spacial score (nSPS) is 18.1. The van der Waals surface area contributed by atoms with Gasteiger partial charge in [-0.1, -0.05) is 62.4 Å². The Hall–Kier alpha value is -3.68. The first kappa shape index (κ1) is 33.8. The van der Waals surface area contributed by atoms with E-state index in [0.29, 0.717) is 6.42 Å². The topological polar surface area (TPSA) is 143 Å². The van der Waals surface area contributed by atoms with Gasteiger partial charge in [0.25, 0.3) is 11.5 Å². The third-order valence-corrected chi connectivity index (χ3v) is 7.55. The number of hydrogen-bond donors (Lipinski definition) is 4. The summed E-state index contributed by atoms with van der Waals surface area (Å²) in [6, 6.07) is 12.5.